The lowest BCUT2D eigenvalue weighted by Gasteiger charge is -2.51. The molecule has 53 heavy (non-hydrogen) atoms. The molecule has 0 bridgehead atoms. The number of fused-ring (bicyclic) bond motifs is 3. The Morgan fingerprint density at radius 3 is 1.32 bits per heavy atom. The van der Waals surface area contributed by atoms with E-state index in [1.165, 1.54) is 40.5 Å². The zero-order valence-electron chi connectivity index (χ0n) is 34.7. The second kappa shape index (κ2) is 17.3. The predicted octanol–water partition coefficient (Wildman–Crippen LogP) is 9.41. The highest BCUT2D eigenvalue weighted by molar-refractivity contribution is 5.81. The fourth-order valence-electron chi connectivity index (χ4n) is 7.59. The maximum atomic E-state index is 11.7. The Balaban J connectivity index is 0.000000188. The highest BCUT2D eigenvalue weighted by atomic mass is 16.5. The van der Waals surface area contributed by atoms with Gasteiger partial charge in [0.25, 0.3) is 0 Å². The average molecular weight is 722 g/mol. The second-order valence-electron chi connectivity index (χ2n) is 15.5. The fraction of sp³-hybridized carbons (Fsp3) is 0.457. The third-order valence-corrected chi connectivity index (χ3v) is 12.0. The third-order valence-electron chi connectivity index (χ3n) is 12.0. The number of carbonyl (C=O) groups is 1. The zero-order valence-corrected chi connectivity index (χ0v) is 34.7. The molecular formula is C46H63N3O4. The van der Waals surface area contributed by atoms with Crippen LogP contribution in [0.5, 0.6) is 11.5 Å². The minimum absolute atomic E-state index is 0.142. The Labute approximate surface area is 319 Å². The summed E-state index contributed by atoms with van der Waals surface area (Å²) in [5.41, 5.74) is 10.5. The molecule has 4 aromatic rings. The van der Waals surface area contributed by atoms with Gasteiger partial charge in [-0.25, -0.2) is 0 Å². The van der Waals surface area contributed by atoms with Gasteiger partial charge in [-0.3, -0.25) is 19.5 Å². The second-order valence-corrected chi connectivity index (χ2v) is 15.5. The lowest BCUT2D eigenvalue weighted by Crippen LogP contribution is -2.65. The lowest BCUT2D eigenvalue weighted by atomic mass is 9.73. The summed E-state index contributed by atoms with van der Waals surface area (Å²) in [7, 11) is 11.2. The Morgan fingerprint density at radius 1 is 0.642 bits per heavy atom. The maximum absolute atomic E-state index is 11.7. The van der Waals surface area contributed by atoms with Crippen molar-refractivity contribution in [3.63, 3.8) is 0 Å². The molecule has 7 heteroatoms. The van der Waals surface area contributed by atoms with Crippen LogP contribution in [0.25, 0.3) is 11.1 Å². The molecule has 0 amide bonds. The normalized spacial score (nSPS) is 19.5. The van der Waals surface area contributed by atoms with Gasteiger partial charge in [-0.1, -0.05) is 92.6 Å². The number of aryl methyl sites for hydroxylation is 2. The van der Waals surface area contributed by atoms with Gasteiger partial charge in [0.2, 0.25) is 0 Å². The van der Waals surface area contributed by atoms with E-state index in [0.29, 0.717) is 31.3 Å². The van der Waals surface area contributed by atoms with Gasteiger partial charge in [0.15, 0.2) is 0 Å². The Hall–Kier alpha value is -4.17. The topological polar surface area (TPSA) is 54.5 Å². The van der Waals surface area contributed by atoms with Crippen LogP contribution in [0.1, 0.15) is 87.8 Å². The monoisotopic (exact) mass is 721 g/mol. The van der Waals surface area contributed by atoms with Crippen LogP contribution in [-0.4, -0.2) is 81.6 Å². The minimum atomic E-state index is -0.313. The molecule has 2 aliphatic rings. The molecule has 0 aromatic heterocycles. The standard InChI is InChI=1S/C20H24O4.C17H18.C9H21N3/c1-20(14-13-19(21)24-4,15-5-9-17(22-2)10-6-15)16-7-11-18(23-3)12-8-16;1-11-5-7-13-14-8-6-12(2)10-16(14)17(3,4)15(13)9-11;1-7-10(4)8(2)12(6)9(3)11(7)5/h5-12H,13-14H2,1-4H3;5-10H,1-4H3;7-9H,1-6H3. The summed E-state index contributed by atoms with van der Waals surface area (Å²) in [6, 6.07) is 29.6. The van der Waals surface area contributed by atoms with E-state index in [0.717, 1.165) is 22.6 Å². The molecule has 1 aliphatic carbocycles. The minimum Gasteiger partial charge on any atom is -0.497 e. The number of carbonyl (C=O) groups excluding carboxylic acids is 1. The number of rotatable bonds is 7. The summed E-state index contributed by atoms with van der Waals surface area (Å²) in [6.07, 6.45) is 2.60. The first kappa shape index (κ1) is 41.6. The van der Waals surface area contributed by atoms with Crippen molar-refractivity contribution in [3.8, 4) is 22.6 Å². The van der Waals surface area contributed by atoms with Crippen LogP contribution in [0, 0.1) is 13.8 Å². The van der Waals surface area contributed by atoms with E-state index in [2.05, 4.69) is 128 Å². The van der Waals surface area contributed by atoms with E-state index in [1.807, 2.05) is 48.5 Å². The third kappa shape index (κ3) is 8.97. The number of methoxy groups -OCH3 is 3. The Bertz CT molecular complexity index is 1660. The number of hydrogen-bond acceptors (Lipinski definition) is 7. The van der Waals surface area contributed by atoms with Gasteiger partial charge in [0.05, 0.1) is 39.8 Å². The van der Waals surface area contributed by atoms with Gasteiger partial charge in [-0.2, -0.15) is 0 Å². The number of nitrogens with zero attached hydrogens (tertiary/aromatic N) is 3. The van der Waals surface area contributed by atoms with Gasteiger partial charge < -0.3 is 14.2 Å². The van der Waals surface area contributed by atoms with E-state index >= 15 is 0 Å². The predicted molar refractivity (Wildman–Crippen MR) is 219 cm³/mol. The van der Waals surface area contributed by atoms with E-state index in [-0.39, 0.29) is 16.8 Å². The molecule has 0 saturated carbocycles. The van der Waals surface area contributed by atoms with Gasteiger partial charge in [-0.05, 0) is 120 Å². The van der Waals surface area contributed by atoms with Crippen LogP contribution < -0.4 is 9.47 Å². The summed E-state index contributed by atoms with van der Waals surface area (Å²) in [6.45, 7) is 17.9. The van der Waals surface area contributed by atoms with Crippen molar-refractivity contribution in [2.75, 3.05) is 42.5 Å². The van der Waals surface area contributed by atoms with Gasteiger partial charge >= 0.3 is 5.97 Å². The van der Waals surface area contributed by atoms with Crippen LogP contribution >= 0.6 is 0 Å². The van der Waals surface area contributed by atoms with E-state index < -0.39 is 0 Å². The van der Waals surface area contributed by atoms with Gasteiger partial charge in [0, 0.05) is 17.3 Å². The lowest BCUT2D eigenvalue weighted by molar-refractivity contribution is -0.140. The van der Waals surface area contributed by atoms with Crippen molar-refractivity contribution in [1.29, 1.82) is 0 Å². The summed E-state index contributed by atoms with van der Waals surface area (Å²) >= 11 is 0. The molecule has 1 aliphatic heterocycles. The maximum Gasteiger partial charge on any atom is 0.305 e. The molecule has 0 spiro atoms. The fourth-order valence-corrected chi connectivity index (χ4v) is 7.59. The molecule has 4 aromatic carbocycles. The summed E-state index contributed by atoms with van der Waals surface area (Å²) in [5, 5.41) is 0. The first-order chi connectivity index (χ1) is 25.0. The van der Waals surface area contributed by atoms with E-state index in [1.54, 1.807) is 14.2 Å². The summed E-state index contributed by atoms with van der Waals surface area (Å²) < 4.78 is 15.3. The van der Waals surface area contributed by atoms with E-state index in [9.17, 15) is 4.79 Å². The number of ether oxygens (including phenoxy) is 3. The van der Waals surface area contributed by atoms with Crippen molar-refractivity contribution in [2.24, 2.45) is 0 Å². The van der Waals surface area contributed by atoms with Crippen LogP contribution in [0.2, 0.25) is 0 Å². The van der Waals surface area contributed by atoms with Crippen LogP contribution in [0.4, 0.5) is 0 Å². The van der Waals surface area contributed by atoms with Crippen molar-refractivity contribution in [1.82, 2.24) is 14.7 Å². The average Bonchev–Trinajstić information content (AvgIpc) is 3.39. The Kier molecular flexibility index (Phi) is 13.6. The zero-order chi connectivity index (χ0) is 39.2. The SMILES string of the molecule is CC1N(C)C(C)N(C)C(C)N1C.COC(=O)CCC(C)(c1ccc(OC)cc1)c1ccc(OC)cc1.Cc1ccc2c(c1)C(C)(C)c1cc(C)ccc1-2. The first-order valence-electron chi connectivity index (χ1n) is 18.7. The number of hydrogen-bond donors (Lipinski definition) is 0. The van der Waals surface area contributed by atoms with Crippen molar-refractivity contribution >= 4 is 5.97 Å². The highest BCUT2D eigenvalue weighted by Crippen LogP contribution is 2.49. The Morgan fingerprint density at radius 2 is 1.00 bits per heavy atom. The van der Waals surface area contributed by atoms with Crippen LogP contribution in [0.3, 0.4) is 0 Å². The molecule has 0 unspecified atom stereocenters. The van der Waals surface area contributed by atoms with Crippen molar-refractivity contribution in [2.45, 2.75) is 97.6 Å². The molecule has 6 rings (SSSR count). The molecule has 0 N–H and O–H groups in total. The van der Waals surface area contributed by atoms with Crippen molar-refractivity contribution in [3.05, 3.63) is 118 Å². The molecule has 1 saturated heterocycles. The molecule has 0 atom stereocenters. The molecule has 1 heterocycles. The quantitative estimate of drug-likeness (QED) is 0.176. The smallest absolute Gasteiger partial charge is 0.305 e. The first-order valence-corrected chi connectivity index (χ1v) is 18.7. The van der Waals surface area contributed by atoms with E-state index in [4.69, 9.17) is 14.2 Å². The summed E-state index contributed by atoms with van der Waals surface area (Å²) in [5.74, 6) is 1.41. The molecule has 0 radical (unpaired) electrons. The van der Waals surface area contributed by atoms with Gasteiger partial charge in [-0.15, -0.1) is 0 Å². The molecule has 7 nitrogen and oxygen atoms in total. The summed E-state index contributed by atoms with van der Waals surface area (Å²) in [4.78, 5) is 18.8. The van der Waals surface area contributed by atoms with Crippen LogP contribution in [-0.2, 0) is 20.4 Å². The van der Waals surface area contributed by atoms with Crippen LogP contribution in [0.15, 0.2) is 84.9 Å². The molecule has 286 valence electrons. The highest BCUT2D eigenvalue weighted by Gasteiger charge is 2.36. The number of benzene rings is 4. The number of esters is 1. The largest absolute Gasteiger partial charge is 0.497 e. The molecule has 1 fully saturated rings. The van der Waals surface area contributed by atoms with Crippen molar-refractivity contribution < 1.29 is 19.0 Å². The molecular weight excluding hydrogens is 659 g/mol. The van der Waals surface area contributed by atoms with Gasteiger partial charge in [0.1, 0.15) is 11.5 Å².